The third kappa shape index (κ3) is 4.12. The molecule has 0 spiro atoms. The van der Waals surface area contributed by atoms with Crippen LogP contribution in [-0.2, 0) is 4.79 Å². The van der Waals surface area contributed by atoms with Crippen molar-refractivity contribution in [3.8, 4) is 0 Å². The summed E-state index contributed by atoms with van der Waals surface area (Å²) in [7, 11) is 0. The number of carbonyl (C=O) groups is 2. The van der Waals surface area contributed by atoms with Crippen LogP contribution in [0.2, 0.25) is 0 Å². The van der Waals surface area contributed by atoms with Gasteiger partial charge in [-0.2, -0.15) is 0 Å². The fraction of sp³-hybridized carbons (Fsp3) is 0.867. The van der Waals surface area contributed by atoms with Crippen LogP contribution in [-0.4, -0.2) is 41.6 Å². The number of nitrogens with one attached hydrogen (secondary N) is 1. The summed E-state index contributed by atoms with van der Waals surface area (Å²) in [5, 5.41) is 11.8. The van der Waals surface area contributed by atoms with Crippen molar-refractivity contribution in [1.82, 2.24) is 10.2 Å². The van der Waals surface area contributed by atoms with Crippen LogP contribution < -0.4 is 5.32 Å². The largest absolute Gasteiger partial charge is 0.481 e. The van der Waals surface area contributed by atoms with Gasteiger partial charge in [-0.25, -0.2) is 4.79 Å². The van der Waals surface area contributed by atoms with Gasteiger partial charge in [0.05, 0.1) is 0 Å². The Morgan fingerprint density at radius 1 is 1.20 bits per heavy atom. The van der Waals surface area contributed by atoms with E-state index in [-0.39, 0.29) is 18.4 Å². The molecule has 0 aromatic carbocycles. The lowest BCUT2D eigenvalue weighted by Gasteiger charge is -2.32. The van der Waals surface area contributed by atoms with Crippen LogP contribution in [0.4, 0.5) is 4.79 Å². The molecule has 2 N–H and O–H groups in total. The predicted octanol–water partition coefficient (Wildman–Crippen LogP) is 2.32. The minimum atomic E-state index is -0.733. The first kappa shape index (κ1) is 15.1. The van der Waals surface area contributed by atoms with Crippen molar-refractivity contribution in [2.75, 3.05) is 19.6 Å². The maximum Gasteiger partial charge on any atom is 0.317 e. The molecule has 1 heterocycles. The number of hydrogen-bond acceptors (Lipinski definition) is 2. The third-order valence-electron chi connectivity index (χ3n) is 4.92. The summed E-state index contributed by atoms with van der Waals surface area (Å²) < 4.78 is 0. The zero-order chi connectivity index (χ0) is 14.5. The predicted molar refractivity (Wildman–Crippen MR) is 76.5 cm³/mol. The van der Waals surface area contributed by atoms with Crippen molar-refractivity contribution in [3.05, 3.63) is 0 Å². The number of urea groups is 1. The van der Waals surface area contributed by atoms with E-state index in [4.69, 9.17) is 5.11 Å². The normalized spacial score (nSPS) is 27.6. The summed E-state index contributed by atoms with van der Waals surface area (Å²) >= 11 is 0. The average Bonchev–Trinajstić information content (AvgIpc) is 2.82. The second-order valence-electron chi connectivity index (χ2n) is 6.38. The van der Waals surface area contributed by atoms with Gasteiger partial charge in [0.25, 0.3) is 0 Å². The number of carboxylic acids is 1. The van der Waals surface area contributed by atoms with E-state index in [2.05, 4.69) is 12.2 Å². The monoisotopic (exact) mass is 282 g/mol. The molecule has 0 aromatic heterocycles. The first-order valence-electron chi connectivity index (χ1n) is 7.81. The summed E-state index contributed by atoms with van der Waals surface area (Å²) in [5.41, 5.74) is 0. The lowest BCUT2D eigenvalue weighted by atomic mass is 9.94. The molecule has 1 saturated heterocycles. The maximum atomic E-state index is 12.1. The zero-order valence-corrected chi connectivity index (χ0v) is 12.3. The molecule has 2 atom stereocenters. The second kappa shape index (κ2) is 6.95. The number of likely N-dealkylation sites (tertiary alicyclic amines) is 1. The molecule has 0 aromatic rings. The lowest BCUT2D eigenvalue weighted by Crippen LogP contribution is -2.46. The lowest BCUT2D eigenvalue weighted by molar-refractivity contribution is -0.138. The number of rotatable bonds is 4. The quantitative estimate of drug-likeness (QED) is 0.831. The van der Waals surface area contributed by atoms with Gasteiger partial charge in [-0.3, -0.25) is 4.79 Å². The smallest absolute Gasteiger partial charge is 0.317 e. The molecule has 1 aliphatic heterocycles. The molecule has 114 valence electrons. The van der Waals surface area contributed by atoms with Crippen LogP contribution in [0, 0.1) is 17.8 Å². The SMILES string of the molecule is CC1CCCC1CNC(=O)N1CCC(CC(=O)O)CC1. The Labute approximate surface area is 120 Å². The summed E-state index contributed by atoms with van der Waals surface area (Å²) in [5.74, 6) is 0.842. The van der Waals surface area contributed by atoms with Gasteiger partial charge in [0.1, 0.15) is 0 Å². The summed E-state index contributed by atoms with van der Waals surface area (Å²) in [6, 6.07) is 0.0258. The Morgan fingerprint density at radius 3 is 2.45 bits per heavy atom. The van der Waals surface area contributed by atoms with E-state index in [1.54, 1.807) is 0 Å². The van der Waals surface area contributed by atoms with Crippen molar-refractivity contribution in [1.29, 1.82) is 0 Å². The summed E-state index contributed by atoms with van der Waals surface area (Å²) in [6.07, 6.45) is 5.62. The van der Waals surface area contributed by atoms with Gasteiger partial charge in [0.2, 0.25) is 0 Å². The van der Waals surface area contributed by atoms with E-state index in [0.29, 0.717) is 19.0 Å². The molecular weight excluding hydrogens is 256 g/mol. The van der Waals surface area contributed by atoms with E-state index in [1.165, 1.54) is 19.3 Å². The molecule has 2 amide bonds. The first-order valence-corrected chi connectivity index (χ1v) is 7.81. The maximum absolute atomic E-state index is 12.1. The van der Waals surface area contributed by atoms with Gasteiger partial charge in [0.15, 0.2) is 0 Å². The highest BCUT2D eigenvalue weighted by Gasteiger charge is 2.26. The first-order chi connectivity index (χ1) is 9.56. The van der Waals surface area contributed by atoms with Crippen LogP contribution >= 0.6 is 0 Å². The molecule has 0 radical (unpaired) electrons. The van der Waals surface area contributed by atoms with E-state index in [1.807, 2.05) is 4.90 Å². The molecule has 5 heteroatoms. The van der Waals surface area contributed by atoms with Gasteiger partial charge in [-0.1, -0.05) is 19.8 Å². The minimum Gasteiger partial charge on any atom is -0.481 e. The van der Waals surface area contributed by atoms with Crippen molar-refractivity contribution >= 4 is 12.0 Å². The van der Waals surface area contributed by atoms with Crippen LogP contribution in [0.3, 0.4) is 0 Å². The highest BCUT2D eigenvalue weighted by atomic mass is 16.4. The highest BCUT2D eigenvalue weighted by Crippen LogP contribution is 2.30. The van der Waals surface area contributed by atoms with Gasteiger partial charge in [-0.05, 0) is 37.0 Å². The van der Waals surface area contributed by atoms with Gasteiger partial charge in [-0.15, -0.1) is 0 Å². The Balaban J connectivity index is 1.68. The van der Waals surface area contributed by atoms with Crippen LogP contribution in [0.1, 0.15) is 45.4 Å². The molecular formula is C15H26N2O3. The van der Waals surface area contributed by atoms with Gasteiger partial charge < -0.3 is 15.3 Å². The van der Waals surface area contributed by atoms with Gasteiger partial charge in [0, 0.05) is 26.1 Å². The molecule has 2 unspecified atom stereocenters. The molecule has 2 aliphatic rings. The van der Waals surface area contributed by atoms with Crippen molar-refractivity contribution in [2.24, 2.45) is 17.8 Å². The Morgan fingerprint density at radius 2 is 1.90 bits per heavy atom. The number of piperidine rings is 1. The van der Waals surface area contributed by atoms with Crippen molar-refractivity contribution in [3.63, 3.8) is 0 Å². The fourth-order valence-electron chi connectivity index (χ4n) is 3.44. The summed E-state index contributed by atoms with van der Waals surface area (Å²) in [4.78, 5) is 24.6. The Hall–Kier alpha value is -1.26. The molecule has 2 rings (SSSR count). The number of nitrogens with zero attached hydrogens (tertiary/aromatic N) is 1. The highest BCUT2D eigenvalue weighted by molar-refractivity contribution is 5.74. The Bertz CT molecular complexity index is 351. The number of amides is 2. The summed E-state index contributed by atoms with van der Waals surface area (Å²) in [6.45, 7) is 4.42. The van der Waals surface area contributed by atoms with E-state index >= 15 is 0 Å². The topological polar surface area (TPSA) is 69.6 Å². The number of carbonyl (C=O) groups excluding carboxylic acids is 1. The van der Waals surface area contributed by atoms with E-state index in [0.717, 1.165) is 25.3 Å². The van der Waals surface area contributed by atoms with E-state index < -0.39 is 5.97 Å². The molecule has 5 nitrogen and oxygen atoms in total. The molecule has 1 saturated carbocycles. The molecule has 0 bridgehead atoms. The number of aliphatic carboxylic acids is 1. The second-order valence-corrected chi connectivity index (χ2v) is 6.38. The van der Waals surface area contributed by atoms with Crippen LogP contribution in [0.25, 0.3) is 0 Å². The molecule has 1 aliphatic carbocycles. The number of carboxylic acid groups (broad SMARTS) is 1. The van der Waals surface area contributed by atoms with Crippen LogP contribution in [0.15, 0.2) is 0 Å². The Kier molecular flexibility index (Phi) is 5.26. The fourth-order valence-corrected chi connectivity index (χ4v) is 3.44. The van der Waals surface area contributed by atoms with Gasteiger partial charge >= 0.3 is 12.0 Å². The molecule has 20 heavy (non-hydrogen) atoms. The molecule has 2 fully saturated rings. The zero-order valence-electron chi connectivity index (χ0n) is 12.3. The van der Waals surface area contributed by atoms with E-state index in [9.17, 15) is 9.59 Å². The average molecular weight is 282 g/mol. The van der Waals surface area contributed by atoms with Crippen LogP contribution in [0.5, 0.6) is 0 Å². The minimum absolute atomic E-state index is 0.0258. The number of hydrogen-bond donors (Lipinski definition) is 2. The third-order valence-corrected chi connectivity index (χ3v) is 4.92. The standard InChI is InChI=1S/C15H26N2O3/c1-11-3-2-4-13(11)10-16-15(20)17-7-5-12(6-8-17)9-14(18)19/h11-13H,2-10H2,1H3,(H,16,20)(H,18,19). The van der Waals surface area contributed by atoms with Crippen molar-refractivity contribution in [2.45, 2.75) is 45.4 Å². The van der Waals surface area contributed by atoms with Crippen molar-refractivity contribution < 1.29 is 14.7 Å².